The minimum absolute atomic E-state index is 0.106. The monoisotopic (exact) mass is 299 g/mol. The van der Waals surface area contributed by atoms with Gasteiger partial charge in [-0.05, 0) is 30.4 Å². The third kappa shape index (κ3) is 3.47. The summed E-state index contributed by atoms with van der Waals surface area (Å²) in [6.45, 7) is 0. The SMILES string of the molecule is COC(=O)CC1(CSc2cc(F)ccc2[N+](=O)[O-])CC1. The van der Waals surface area contributed by atoms with Crippen LogP contribution in [-0.4, -0.2) is 23.8 Å². The summed E-state index contributed by atoms with van der Waals surface area (Å²) in [5, 5.41) is 10.9. The van der Waals surface area contributed by atoms with Crippen molar-refractivity contribution in [2.75, 3.05) is 12.9 Å². The first-order valence-electron chi connectivity index (χ1n) is 6.09. The highest BCUT2D eigenvalue weighted by atomic mass is 32.2. The molecule has 2 rings (SSSR count). The Morgan fingerprint density at radius 1 is 1.55 bits per heavy atom. The second kappa shape index (κ2) is 5.78. The van der Waals surface area contributed by atoms with Gasteiger partial charge in [0, 0.05) is 11.8 Å². The molecule has 0 heterocycles. The van der Waals surface area contributed by atoms with Crippen LogP contribution in [0, 0.1) is 21.3 Å². The van der Waals surface area contributed by atoms with Gasteiger partial charge in [0.15, 0.2) is 0 Å². The summed E-state index contributed by atoms with van der Waals surface area (Å²) in [6, 6.07) is 3.40. The number of nitrogens with zero attached hydrogens (tertiary/aromatic N) is 1. The van der Waals surface area contributed by atoms with E-state index in [4.69, 9.17) is 0 Å². The van der Waals surface area contributed by atoms with Crippen molar-refractivity contribution in [3.63, 3.8) is 0 Å². The van der Waals surface area contributed by atoms with Crippen molar-refractivity contribution in [2.24, 2.45) is 5.41 Å². The second-order valence-electron chi connectivity index (χ2n) is 4.91. The van der Waals surface area contributed by atoms with E-state index in [2.05, 4.69) is 4.74 Å². The number of benzene rings is 1. The first kappa shape index (κ1) is 14.8. The van der Waals surface area contributed by atoms with E-state index in [1.165, 1.54) is 18.9 Å². The smallest absolute Gasteiger partial charge is 0.306 e. The average Bonchev–Trinajstić information content (AvgIpc) is 3.16. The van der Waals surface area contributed by atoms with Crippen LogP contribution in [0.15, 0.2) is 23.1 Å². The van der Waals surface area contributed by atoms with Crippen molar-refractivity contribution < 1.29 is 18.8 Å². The Labute approximate surface area is 119 Å². The Morgan fingerprint density at radius 2 is 2.25 bits per heavy atom. The van der Waals surface area contributed by atoms with Crippen molar-refractivity contribution in [1.82, 2.24) is 0 Å². The molecule has 1 aliphatic carbocycles. The normalized spacial score (nSPS) is 15.7. The van der Waals surface area contributed by atoms with Crippen molar-refractivity contribution in [3.8, 4) is 0 Å². The molecule has 0 saturated heterocycles. The molecule has 1 fully saturated rings. The summed E-state index contributed by atoms with van der Waals surface area (Å²) in [5.74, 6) is -0.236. The van der Waals surface area contributed by atoms with Gasteiger partial charge in [-0.2, -0.15) is 0 Å². The molecule has 0 aliphatic heterocycles. The number of thioether (sulfide) groups is 1. The van der Waals surface area contributed by atoms with Gasteiger partial charge in [-0.3, -0.25) is 14.9 Å². The van der Waals surface area contributed by atoms with Gasteiger partial charge in [-0.15, -0.1) is 11.8 Å². The fraction of sp³-hybridized carbons (Fsp3) is 0.462. The number of halogens is 1. The second-order valence-corrected chi connectivity index (χ2v) is 5.93. The van der Waals surface area contributed by atoms with Gasteiger partial charge in [-0.25, -0.2) is 4.39 Å². The Hall–Kier alpha value is -1.63. The van der Waals surface area contributed by atoms with E-state index in [1.807, 2.05) is 0 Å². The largest absolute Gasteiger partial charge is 0.469 e. The number of methoxy groups -OCH3 is 1. The van der Waals surface area contributed by atoms with Gasteiger partial charge in [-0.1, -0.05) is 0 Å². The summed E-state index contributed by atoms with van der Waals surface area (Å²) < 4.78 is 17.8. The highest BCUT2D eigenvalue weighted by Crippen LogP contribution is 2.52. The number of carbonyl (C=O) groups is 1. The quantitative estimate of drug-likeness (QED) is 0.349. The highest BCUT2D eigenvalue weighted by Gasteiger charge is 2.44. The maximum absolute atomic E-state index is 13.2. The molecule has 20 heavy (non-hydrogen) atoms. The molecule has 0 spiro atoms. The lowest BCUT2D eigenvalue weighted by Gasteiger charge is -2.13. The molecule has 0 atom stereocenters. The van der Waals surface area contributed by atoms with E-state index in [9.17, 15) is 19.3 Å². The van der Waals surface area contributed by atoms with E-state index >= 15 is 0 Å². The molecule has 1 saturated carbocycles. The van der Waals surface area contributed by atoms with Gasteiger partial charge in [0.25, 0.3) is 5.69 Å². The number of carbonyl (C=O) groups excluding carboxylic acids is 1. The number of hydrogen-bond acceptors (Lipinski definition) is 5. The summed E-state index contributed by atoms with van der Waals surface area (Å²) in [4.78, 5) is 22.0. The number of rotatable bonds is 6. The zero-order valence-electron chi connectivity index (χ0n) is 10.9. The molecule has 1 aliphatic rings. The van der Waals surface area contributed by atoms with Crippen LogP contribution in [0.25, 0.3) is 0 Å². The lowest BCUT2D eigenvalue weighted by molar-refractivity contribution is -0.387. The Bertz CT molecular complexity index is 545. The van der Waals surface area contributed by atoms with Gasteiger partial charge in [0.2, 0.25) is 0 Å². The predicted octanol–water partition coefficient (Wildman–Crippen LogP) is 3.17. The van der Waals surface area contributed by atoms with Crippen molar-refractivity contribution >= 4 is 23.4 Å². The van der Waals surface area contributed by atoms with Crippen LogP contribution in [0.3, 0.4) is 0 Å². The molecule has 0 aromatic heterocycles. The number of ether oxygens (including phenoxy) is 1. The lowest BCUT2D eigenvalue weighted by atomic mass is 10.1. The van der Waals surface area contributed by atoms with Crippen LogP contribution in [0.1, 0.15) is 19.3 Å². The molecule has 0 bridgehead atoms. The zero-order valence-corrected chi connectivity index (χ0v) is 11.7. The third-order valence-corrected chi connectivity index (χ3v) is 4.75. The van der Waals surface area contributed by atoms with Gasteiger partial charge < -0.3 is 4.74 Å². The fourth-order valence-corrected chi connectivity index (χ4v) is 3.25. The van der Waals surface area contributed by atoms with Crippen LogP contribution in [0.4, 0.5) is 10.1 Å². The first-order chi connectivity index (χ1) is 9.46. The zero-order chi connectivity index (χ0) is 14.8. The summed E-state index contributed by atoms with van der Waals surface area (Å²) in [5.41, 5.74) is -0.261. The minimum Gasteiger partial charge on any atom is -0.469 e. The van der Waals surface area contributed by atoms with Crippen molar-refractivity contribution in [3.05, 3.63) is 34.1 Å². The van der Waals surface area contributed by atoms with Crippen molar-refractivity contribution in [1.29, 1.82) is 0 Å². The third-order valence-electron chi connectivity index (χ3n) is 3.36. The molecule has 1 aromatic rings. The summed E-state index contributed by atoms with van der Waals surface area (Å²) in [6.07, 6.45) is 2.08. The lowest BCUT2D eigenvalue weighted by Crippen LogP contribution is -2.13. The first-order valence-corrected chi connectivity index (χ1v) is 7.08. The van der Waals surface area contributed by atoms with E-state index in [0.717, 1.165) is 31.0 Å². The van der Waals surface area contributed by atoms with Crippen LogP contribution >= 0.6 is 11.8 Å². The number of hydrogen-bond donors (Lipinski definition) is 0. The Morgan fingerprint density at radius 3 is 2.80 bits per heavy atom. The molecule has 7 heteroatoms. The van der Waals surface area contributed by atoms with E-state index in [-0.39, 0.29) is 17.1 Å². The standard InChI is InChI=1S/C13H14FNO4S/c1-19-12(16)7-13(4-5-13)8-20-11-6-9(14)2-3-10(11)15(17)18/h2-3,6H,4-5,7-8H2,1H3. The highest BCUT2D eigenvalue weighted by molar-refractivity contribution is 7.99. The Kier molecular flexibility index (Phi) is 4.27. The summed E-state index contributed by atoms with van der Waals surface area (Å²) >= 11 is 1.22. The van der Waals surface area contributed by atoms with Gasteiger partial charge in [0.1, 0.15) is 5.82 Å². The van der Waals surface area contributed by atoms with Crippen LogP contribution < -0.4 is 0 Å². The van der Waals surface area contributed by atoms with Crippen LogP contribution in [-0.2, 0) is 9.53 Å². The molecular weight excluding hydrogens is 285 g/mol. The molecule has 0 unspecified atom stereocenters. The molecule has 0 amide bonds. The predicted molar refractivity (Wildman–Crippen MR) is 72.1 cm³/mol. The maximum Gasteiger partial charge on any atom is 0.306 e. The maximum atomic E-state index is 13.2. The number of esters is 1. The molecule has 1 aromatic carbocycles. The topological polar surface area (TPSA) is 69.4 Å². The number of nitro groups is 1. The molecule has 0 N–H and O–H groups in total. The Balaban J connectivity index is 2.06. The van der Waals surface area contributed by atoms with Crippen LogP contribution in [0.5, 0.6) is 0 Å². The minimum atomic E-state index is -0.526. The molecule has 108 valence electrons. The fourth-order valence-electron chi connectivity index (χ4n) is 1.91. The average molecular weight is 299 g/mol. The summed E-state index contributed by atoms with van der Waals surface area (Å²) in [7, 11) is 1.34. The van der Waals surface area contributed by atoms with Gasteiger partial charge in [0.05, 0.1) is 23.3 Å². The van der Waals surface area contributed by atoms with Crippen LogP contribution in [0.2, 0.25) is 0 Å². The number of nitro benzene ring substituents is 1. The van der Waals surface area contributed by atoms with Gasteiger partial charge >= 0.3 is 5.97 Å². The van der Waals surface area contributed by atoms with E-state index in [0.29, 0.717) is 17.1 Å². The van der Waals surface area contributed by atoms with E-state index in [1.54, 1.807) is 0 Å². The molecule has 0 radical (unpaired) electrons. The molecular formula is C13H14FNO4S. The molecule has 5 nitrogen and oxygen atoms in total. The van der Waals surface area contributed by atoms with E-state index < -0.39 is 10.7 Å². The van der Waals surface area contributed by atoms with Crippen molar-refractivity contribution in [2.45, 2.75) is 24.2 Å².